The molecule has 0 bridgehead atoms. The van der Waals surface area contributed by atoms with E-state index in [2.05, 4.69) is 17.1 Å². The molecule has 1 unspecified atom stereocenters. The molecule has 0 amide bonds. The van der Waals surface area contributed by atoms with Gasteiger partial charge in [-0.3, -0.25) is 0 Å². The quantitative estimate of drug-likeness (QED) is 0.405. The third-order valence-electron chi connectivity index (χ3n) is 4.83. The minimum absolute atomic E-state index is 0.253. The molecule has 0 fully saturated rings. The van der Waals surface area contributed by atoms with Gasteiger partial charge in [-0.2, -0.15) is 0 Å². The Morgan fingerprint density at radius 3 is 2.13 bits per heavy atom. The van der Waals surface area contributed by atoms with Crippen molar-refractivity contribution in [1.29, 1.82) is 0 Å². The number of carboxylic acids is 1. The molecule has 2 aromatic carbocycles. The van der Waals surface area contributed by atoms with Crippen molar-refractivity contribution in [1.82, 2.24) is 10.2 Å². The summed E-state index contributed by atoms with van der Waals surface area (Å²) in [6, 6.07) is 14.5. The largest absolute Gasteiger partial charge is 0.494 e. The lowest BCUT2D eigenvalue weighted by Gasteiger charge is -2.09. The molecule has 1 heterocycles. The average molecular weight is 427 g/mol. The number of hydrogen-bond donors (Lipinski definition) is 1. The maximum absolute atomic E-state index is 11.0. The molecular formula is C23H26N2O4S. The van der Waals surface area contributed by atoms with Crippen LogP contribution in [0.25, 0.3) is 21.1 Å². The molecule has 0 aliphatic rings. The zero-order valence-corrected chi connectivity index (χ0v) is 18.0. The summed E-state index contributed by atoms with van der Waals surface area (Å²) < 4.78 is 11.1. The molecule has 3 rings (SSSR count). The lowest BCUT2D eigenvalue weighted by Crippen LogP contribution is -2.04. The second-order valence-corrected chi connectivity index (χ2v) is 8.04. The molecule has 3 aromatic rings. The van der Waals surface area contributed by atoms with Crippen molar-refractivity contribution < 1.29 is 19.4 Å². The van der Waals surface area contributed by atoms with Gasteiger partial charge >= 0.3 is 5.97 Å². The Morgan fingerprint density at radius 1 is 0.967 bits per heavy atom. The van der Waals surface area contributed by atoms with E-state index in [9.17, 15) is 4.79 Å². The van der Waals surface area contributed by atoms with Crippen LogP contribution in [0.2, 0.25) is 0 Å². The number of unbranched alkanes of at least 4 members (excludes halogenated alkanes) is 2. The number of methoxy groups -OCH3 is 1. The minimum atomic E-state index is -0.942. The molecule has 7 heteroatoms. The van der Waals surface area contributed by atoms with E-state index in [0.29, 0.717) is 12.7 Å². The number of hydrogen-bond acceptors (Lipinski definition) is 6. The van der Waals surface area contributed by atoms with Crippen molar-refractivity contribution in [2.75, 3.05) is 13.7 Å². The number of ether oxygens (including phenoxy) is 2. The number of carboxylic acid groups (broad SMARTS) is 1. The van der Waals surface area contributed by atoms with Crippen LogP contribution in [0.3, 0.4) is 0 Å². The first-order valence-corrected chi connectivity index (χ1v) is 10.8. The molecule has 0 saturated carbocycles. The van der Waals surface area contributed by atoms with Crippen molar-refractivity contribution in [2.24, 2.45) is 0 Å². The minimum Gasteiger partial charge on any atom is -0.494 e. The van der Waals surface area contributed by atoms with E-state index in [1.54, 1.807) is 31.4 Å². The van der Waals surface area contributed by atoms with Gasteiger partial charge in [-0.1, -0.05) is 29.9 Å². The van der Waals surface area contributed by atoms with Crippen LogP contribution in [0.1, 0.15) is 43.0 Å². The fourth-order valence-electron chi connectivity index (χ4n) is 2.92. The summed E-state index contributed by atoms with van der Waals surface area (Å²) in [5.41, 5.74) is 2.08. The second kappa shape index (κ2) is 10.8. The van der Waals surface area contributed by atoms with Crippen LogP contribution in [0.4, 0.5) is 0 Å². The van der Waals surface area contributed by atoms with Gasteiger partial charge in [-0.15, -0.1) is 10.2 Å². The molecule has 0 aliphatic carbocycles. The molecule has 6 nitrogen and oxygen atoms in total. The van der Waals surface area contributed by atoms with Gasteiger partial charge in [-0.25, -0.2) is 4.79 Å². The third kappa shape index (κ3) is 6.11. The maximum Gasteiger partial charge on any atom is 0.335 e. The first-order valence-electron chi connectivity index (χ1n) is 10.00. The van der Waals surface area contributed by atoms with Crippen LogP contribution in [0.5, 0.6) is 5.75 Å². The van der Waals surface area contributed by atoms with E-state index in [0.717, 1.165) is 52.6 Å². The van der Waals surface area contributed by atoms with Gasteiger partial charge in [0.2, 0.25) is 0 Å². The van der Waals surface area contributed by atoms with Crippen molar-refractivity contribution >= 4 is 17.3 Å². The zero-order valence-electron chi connectivity index (χ0n) is 17.2. The molecule has 0 aliphatic heterocycles. The van der Waals surface area contributed by atoms with Gasteiger partial charge in [0.1, 0.15) is 15.8 Å². The van der Waals surface area contributed by atoms with Crippen LogP contribution in [-0.4, -0.2) is 41.1 Å². The van der Waals surface area contributed by atoms with E-state index in [1.165, 1.54) is 11.3 Å². The molecular weight excluding hydrogens is 400 g/mol. The SMILES string of the molecule is COC(C)CCCCCOc1ccc(-c2nnc(-c3ccc(C(=O)O)cc3)s2)cc1. The summed E-state index contributed by atoms with van der Waals surface area (Å²) in [5, 5.41) is 19.1. The summed E-state index contributed by atoms with van der Waals surface area (Å²) >= 11 is 1.47. The van der Waals surface area contributed by atoms with Crippen LogP contribution in [-0.2, 0) is 4.74 Å². The Kier molecular flexibility index (Phi) is 7.93. The predicted octanol–water partition coefficient (Wildman–Crippen LogP) is 5.54. The monoisotopic (exact) mass is 426 g/mol. The van der Waals surface area contributed by atoms with Crippen LogP contribution >= 0.6 is 11.3 Å². The topological polar surface area (TPSA) is 81.5 Å². The number of nitrogens with zero attached hydrogens (tertiary/aromatic N) is 2. The Morgan fingerprint density at radius 2 is 1.57 bits per heavy atom. The number of aromatic carboxylic acids is 1. The third-order valence-corrected chi connectivity index (χ3v) is 5.85. The highest BCUT2D eigenvalue weighted by Crippen LogP contribution is 2.31. The standard InChI is InChI=1S/C23H26N2O4S/c1-16(28-2)6-4-3-5-15-29-20-13-11-18(12-14-20)22-25-24-21(30-22)17-7-9-19(10-8-17)23(26)27/h7-14,16H,3-6,15H2,1-2H3,(H,26,27). The number of aromatic nitrogens is 2. The van der Waals surface area contributed by atoms with Crippen LogP contribution in [0, 0.1) is 0 Å². The zero-order chi connectivity index (χ0) is 21.3. The lowest BCUT2D eigenvalue weighted by atomic mass is 10.1. The van der Waals surface area contributed by atoms with Crippen molar-refractivity contribution in [3.8, 4) is 26.9 Å². The van der Waals surface area contributed by atoms with Gasteiger partial charge in [0, 0.05) is 18.2 Å². The molecule has 1 N–H and O–H groups in total. The van der Waals surface area contributed by atoms with E-state index in [1.807, 2.05) is 24.3 Å². The second-order valence-electron chi connectivity index (χ2n) is 7.06. The number of benzene rings is 2. The Labute approximate surface area is 180 Å². The van der Waals surface area contributed by atoms with E-state index >= 15 is 0 Å². The fourth-order valence-corrected chi connectivity index (χ4v) is 3.78. The smallest absolute Gasteiger partial charge is 0.335 e. The summed E-state index contributed by atoms with van der Waals surface area (Å²) in [7, 11) is 1.75. The number of carbonyl (C=O) groups is 1. The van der Waals surface area contributed by atoms with Crippen LogP contribution in [0.15, 0.2) is 48.5 Å². The normalized spacial score (nSPS) is 11.9. The summed E-state index contributed by atoms with van der Waals surface area (Å²) in [4.78, 5) is 11.0. The van der Waals surface area contributed by atoms with E-state index < -0.39 is 5.97 Å². The molecule has 0 radical (unpaired) electrons. The predicted molar refractivity (Wildman–Crippen MR) is 118 cm³/mol. The fraction of sp³-hybridized carbons (Fsp3) is 0.348. The first-order chi connectivity index (χ1) is 14.6. The summed E-state index contributed by atoms with van der Waals surface area (Å²) in [6.45, 7) is 2.80. The van der Waals surface area contributed by atoms with E-state index in [4.69, 9.17) is 14.6 Å². The molecule has 158 valence electrons. The lowest BCUT2D eigenvalue weighted by molar-refractivity contribution is 0.0697. The Bertz CT molecular complexity index is 939. The highest BCUT2D eigenvalue weighted by atomic mass is 32.1. The van der Waals surface area contributed by atoms with Gasteiger partial charge in [0.05, 0.1) is 18.3 Å². The Hall–Kier alpha value is -2.77. The van der Waals surface area contributed by atoms with Crippen molar-refractivity contribution in [3.63, 3.8) is 0 Å². The van der Waals surface area contributed by atoms with Crippen LogP contribution < -0.4 is 4.74 Å². The van der Waals surface area contributed by atoms with Gasteiger partial charge in [0.15, 0.2) is 0 Å². The van der Waals surface area contributed by atoms with Gasteiger partial charge in [-0.05, 0) is 62.6 Å². The maximum atomic E-state index is 11.0. The molecule has 0 spiro atoms. The first kappa shape index (κ1) is 21.9. The summed E-state index contributed by atoms with van der Waals surface area (Å²) in [5.74, 6) is -0.0967. The van der Waals surface area contributed by atoms with Crippen molar-refractivity contribution in [2.45, 2.75) is 38.7 Å². The highest BCUT2D eigenvalue weighted by Gasteiger charge is 2.10. The Balaban J connectivity index is 1.51. The summed E-state index contributed by atoms with van der Waals surface area (Å²) in [6.07, 6.45) is 4.71. The van der Waals surface area contributed by atoms with E-state index in [-0.39, 0.29) is 5.56 Å². The number of rotatable bonds is 11. The molecule has 0 saturated heterocycles. The molecule has 1 atom stereocenters. The molecule has 1 aromatic heterocycles. The van der Waals surface area contributed by atoms with Crippen molar-refractivity contribution in [3.05, 3.63) is 54.1 Å². The van der Waals surface area contributed by atoms with Gasteiger partial charge in [0.25, 0.3) is 0 Å². The van der Waals surface area contributed by atoms with Gasteiger partial charge < -0.3 is 14.6 Å². The average Bonchev–Trinajstić information content (AvgIpc) is 3.26. The highest BCUT2D eigenvalue weighted by molar-refractivity contribution is 7.17. The molecule has 30 heavy (non-hydrogen) atoms.